The summed E-state index contributed by atoms with van der Waals surface area (Å²) >= 11 is 6.47. The Labute approximate surface area is 181 Å². The molecule has 0 unspecified atom stereocenters. The molecule has 0 spiro atoms. The molecular weight excluding hydrogens is 398 g/mol. The summed E-state index contributed by atoms with van der Waals surface area (Å²) in [6.07, 6.45) is 2.36. The van der Waals surface area contributed by atoms with E-state index in [4.69, 9.17) is 16.0 Å². The van der Waals surface area contributed by atoms with Crippen LogP contribution in [0.2, 0.25) is 5.02 Å². The number of hydrogen-bond acceptors (Lipinski definition) is 4. The second-order valence-electron chi connectivity index (χ2n) is 7.89. The van der Waals surface area contributed by atoms with E-state index in [1.54, 1.807) is 6.26 Å². The number of nitrogens with one attached hydrogen (secondary N) is 1. The molecule has 1 aromatic heterocycles. The van der Waals surface area contributed by atoms with Crippen LogP contribution in [0.25, 0.3) is 0 Å². The molecule has 30 heavy (non-hydrogen) atoms. The topological polar surface area (TPSA) is 48.7 Å². The molecule has 1 fully saturated rings. The molecular formula is C24H24ClN3O2. The molecule has 2 atom stereocenters. The third-order valence-electron chi connectivity index (χ3n) is 6.17. The summed E-state index contributed by atoms with van der Waals surface area (Å²) in [5, 5.41) is 3.83. The predicted octanol–water partition coefficient (Wildman–Crippen LogP) is 4.12. The zero-order chi connectivity index (χ0) is 20.5. The molecule has 0 aliphatic carbocycles. The first-order chi connectivity index (χ1) is 14.7. The second-order valence-corrected chi connectivity index (χ2v) is 8.30. The van der Waals surface area contributed by atoms with Crippen LogP contribution in [0, 0.1) is 5.92 Å². The average molecular weight is 422 g/mol. The number of nitrogens with zero attached hydrogens (tertiary/aromatic N) is 2. The molecule has 3 heterocycles. The molecule has 5 nitrogen and oxygen atoms in total. The van der Waals surface area contributed by atoms with Crippen LogP contribution >= 0.6 is 11.6 Å². The van der Waals surface area contributed by atoms with Crippen molar-refractivity contribution in [2.24, 2.45) is 5.92 Å². The minimum atomic E-state index is -0.139. The van der Waals surface area contributed by atoms with Crippen molar-refractivity contribution in [1.29, 1.82) is 0 Å². The number of carbonyl (C=O) groups excluding carboxylic acids is 1. The summed E-state index contributed by atoms with van der Waals surface area (Å²) in [6.45, 7) is 2.89. The number of anilines is 2. The van der Waals surface area contributed by atoms with E-state index < -0.39 is 0 Å². The number of fused-ring (bicyclic) bond motifs is 3. The largest absolute Gasteiger partial charge is 0.467 e. The fraction of sp³-hybridized carbons (Fsp3) is 0.292. The van der Waals surface area contributed by atoms with E-state index in [9.17, 15) is 4.79 Å². The van der Waals surface area contributed by atoms with Crippen molar-refractivity contribution in [1.82, 2.24) is 5.32 Å². The normalized spacial score (nSPS) is 20.4. The third-order valence-corrected chi connectivity index (χ3v) is 6.49. The van der Waals surface area contributed by atoms with Gasteiger partial charge in [0.25, 0.3) is 0 Å². The monoisotopic (exact) mass is 421 g/mol. The van der Waals surface area contributed by atoms with Crippen LogP contribution in [-0.4, -0.2) is 31.6 Å². The Morgan fingerprint density at radius 3 is 2.63 bits per heavy atom. The smallest absolute Gasteiger partial charge is 0.225 e. The number of hydrogen-bond donors (Lipinski definition) is 1. The highest BCUT2D eigenvalue weighted by Gasteiger charge is 2.41. The standard InChI is InChI=1S/C24H24ClN3O2/c25-20-8-2-4-10-22(20)27-11-12-28-21-9-3-1-6-17(21)14-19(23(28)16-27)24(29)26-15-18-7-5-13-30-18/h1-10,13,19,23H,11-12,14-16H2,(H,26,29)/t19-,23-/m1/s1. The molecule has 2 aliphatic rings. The van der Waals surface area contributed by atoms with E-state index in [1.807, 2.05) is 30.3 Å². The first kappa shape index (κ1) is 19.1. The fourth-order valence-corrected chi connectivity index (χ4v) is 4.96. The number of carbonyl (C=O) groups is 1. The van der Waals surface area contributed by atoms with Crippen molar-refractivity contribution < 1.29 is 9.21 Å². The van der Waals surface area contributed by atoms with Gasteiger partial charge in [-0.3, -0.25) is 4.79 Å². The van der Waals surface area contributed by atoms with Crippen LogP contribution in [-0.2, 0) is 17.8 Å². The van der Waals surface area contributed by atoms with E-state index in [1.165, 1.54) is 11.3 Å². The number of piperazine rings is 1. The Morgan fingerprint density at radius 2 is 1.83 bits per heavy atom. The maximum absolute atomic E-state index is 13.2. The van der Waals surface area contributed by atoms with Gasteiger partial charge in [0, 0.05) is 25.3 Å². The summed E-state index contributed by atoms with van der Waals surface area (Å²) in [5.74, 6) is 0.690. The van der Waals surface area contributed by atoms with Crippen LogP contribution in [0.5, 0.6) is 0 Å². The number of furan rings is 1. The second kappa shape index (κ2) is 8.07. The molecule has 5 rings (SSSR count). The number of benzene rings is 2. The quantitative estimate of drug-likeness (QED) is 0.688. The number of rotatable bonds is 4. The van der Waals surface area contributed by atoms with Crippen LogP contribution < -0.4 is 15.1 Å². The molecule has 6 heteroatoms. The molecule has 2 aliphatic heterocycles. The lowest BCUT2D eigenvalue weighted by molar-refractivity contribution is -0.126. The van der Waals surface area contributed by atoms with Gasteiger partial charge in [0.2, 0.25) is 5.91 Å². The van der Waals surface area contributed by atoms with Gasteiger partial charge in [-0.05, 0) is 42.3 Å². The Bertz CT molecular complexity index is 1040. The van der Waals surface area contributed by atoms with Gasteiger partial charge in [-0.1, -0.05) is 41.9 Å². The number of para-hydroxylation sites is 2. The first-order valence-electron chi connectivity index (χ1n) is 10.3. The van der Waals surface area contributed by atoms with Crippen molar-refractivity contribution in [2.45, 2.75) is 19.0 Å². The van der Waals surface area contributed by atoms with Gasteiger partial charge >= 0.3 is 0 Å². The Kier molecular flexibility index (Phi) is 5.13. The lowest BCUT2D eigenvalue weighted by atomic mass is 9.83. The van der Waals surface area contributed by atoms with Gasteiger partial charge in [0.15, 0.2) is 0 Å². The SMILES string of the molecule is O=C(NCc1ccco1)[C@@H]1Cc2ccccc2N2CCN(c3ccccc3Cl)C[C@H]12. The van der Waals surface area contributed by atoms with E-state index >= 15 is 0 Å². The lowest BCUT2D eigenvalue weighted by Gasteiger charge is -2.49. The number of amides is 1. The molecule has 0 radical (unpaired) electrons. The summed E-state index contributed by atoms with van der Waals surface area (Å²) in [4.78, 5) is 18.0. The number of halogens is 1. The molecule has 2 aromatic carbocycles. The zero-order valence-corrected chi connectivity index (χ0v) is 17.4. The predicted molar refractivity (Wildman–Crippen MR) is 119 cm³/mol. The van der Waals surface area contributed by atoms with Gasteiger partial charge in [-0.25, -0.2) is 0 Å². The molecule has 1 N–H and O–H groups in total. The van der Waals surface area contributed by atoms with Gasteiger partial charge in [-0.2, -0.15) is 0 Å². The summed E-state index contributed by atoms with van der Waals surface area (Å²) < 4.78 is 5.37. The van der Waals surface area contributed by atoms with Gasteiger partial charge in [-0.15, -0.1) is 0 Å². The van der Waals surface area contributed by atoms with E-state index in [2.05, 4.69) is 45.4 Å². The lowest BCUT2D eigenvalue weighted by Crippen LogP contribution is -2.61. The third kappa shape index (κ3) is 3.54. The van der Waals surface area contributed by atoms with Crippen LogP contribution in [0.1, 0.15) is 11.3 Å². The molecule has 1 amide bonds. The Hall–Kier alpha value is -2.92. The molecule has 1 saturated heterocycles. The summed E-state index contributed by atoms with van der Waals surface area (Å²) in [5.41, 5.74) is 3.52. The van der Waals surface area contributed by atoms with Crippen LogP contribution in [0.4, 0.5) is 11.4 Å². The van der Waals surface area contributed by atoms with Crippen molar-refractivity contribution in [3.8, 4) is 0 Å². The summed E-state index contributed by atoms with van der Waals surface area (Å²) in [6, 6.07) is 20.2. The van der Waals surface area contributed by atoms with Crippen molar-refractivity contribution in [3.05, 3.63) is 83.3 Å². The van der Waals surface area contributed by atoms with E-state index in [0.29, 0.717) is 6.54 Å². The zero-order valence-electron chi connectivity index (χ0n) is 16.6. The molecule has 154 valence electrons. The maximum Gasteiger partial charge on any atom is 0.225 e. The van der Waals surface area contributed by atoms with Crippen molar-refractivity contribution >= 4 is 28.9 Å². The minimum absolute atomic E-state index is 0.0666. The van der Waals surface area contributed by atoms with Crippen molar-refractivity contribution in [2.75, 3.05) is 29.4 Å². The Balaban J connectivity index is 1.42. The Morgan fingerprint density at radius 1 is 1.03 bits per heavy atom. The van der Waals surface area contributed by atoms with Gasteiger partial charge in [0.1, 0.15) is 5.76 Å². The fourth-order valence-electron chi connectivity index (χ4n) is 4.70. The van der Waals surface area contributed by atoms with Crippen LogP contribution in [0.3, 0.4) is 0 Å². The highest BCUT2D eigenvalue weighted by molar-refractivity contribution is 6.33. The minimum Gasteiger partial charge on any atom is -0.467 e. The van der Waals surface area contributed by atoms with E-state index in [0.717, 1.165) is 42.5 Å². The van der Waals surface area contributed by atoms with Crippen molar-refractivity contribution in [3.63, 3.8) is 0 Å². The van der Waals surface area contributed by atoms with Crippen LogP contribution in [0.15, 0.2) is 71.3 Å². The summed E-state index contributed by atoms with van der Waals surface area (Å²) in [7, 11) is 0. The first-order valence-corrected chi connectivity index (χ1v) is 10.7. The highest BCUT2D eigenvalue weighted by Crippen LogP contribution is 2.38. The highest BCUT2D eigenvalue weighted by atomic mass is 35.5. The van der Waals surface area contributed by atoms with E-state index in [-0.39, 0.29) is 17.9 Å². The van der Waals surface area contributed by atoms with Gasteiger partial charge < -0.3 is 19.5 Å². The average Bonchev–Trinajstić information content (AvgIpc) is 3.30. The molecule has 3 aromatic rings. The molecule has 0 saturated carbocycles. The maximum atomic E-state index is 13.2. The molecule has 0 bridgehead atoms. The van der Waals surface area contributed by atoms with Gasteiger partial charge in [0.05, 0.1) is 35.5 Å².